The molecule has 0 bridgehead atoms. The van der Waals surface area contributed by atoms with Gasteiger partial charge in [0, 0.05) is 22.4 Å². The number of hydrogen-bond acceptors (Lipinski definition) is 0. The Kier molecular flexibility index (Phi) is 8.00. The third-order valence-electron chi connectivity index (χ3n) is 14.8. The van der Waals surface area contributed by atoms with Crippen molar-refractivity contribution in [2.45, 2.75) is 25.2 Å². The molecule has 0 fully saturated rings. The molecule has 2 aliphatic rings. The fraction of sp³-hybridized carbons (Fsp3) is 0.0625. The molecule has 65 heavy (non-hydrogen) atoms. The molecule has 1 nitrogen and oxygen atoms in total. The number of allylic oxidation sites excluding steroid dienone is 2. The predicted octanol–water partition coefficient (Wildman–Crippen LogP) is 17.2. The van der Waals surface area contributed by atoms with Crippen molar-refractivity contribution in [3.63, 3.8) is 0 Å². The fourth-order valence-electron chi connectivity index (χ4n) is 11.9. The number of benzene rings is 11. The van der Waals surface area contributed by atoms with Crippen LogP contribution in [-0.4, -0.2) is 4.57 Å². The maximum absolute atomic E-state index is 2.58. The quantitative estimate of drug-likeness (QED) is 0.123. The van der Waals surface area contributed by atoms with Crippen LogP contribution in [0, 0.1) is 0 Å². The van der Waals surface area contributed by atoms with Crippen molar-refractivity contribution in [1.82, 2.24) is 4.57 Å². The Morgan fingerprint density at radius 2 is 0.985 bits per heavy atom. The highest BCUT2D eigenvalue weighted by Gasteiger charge is 2.27. The zero-order valence-corrected chi connectivity index (χ0v) is 35.9. The molecule has 0 N–H and O–H groups in total. The van der Waals surface area contributed by atoms with Crippen LogP contribution in [0.5, 0.6) is 0 Å². The smallest absolute Gasteiger partial charge is 0.0541 e. The van der Waals surface area contributed by atoms with Gasteiger partial charge in [-0.1, -0.05) is 182 Å². The molecule has 0 radical (unpaired) electrons. The number of nitrogens with zero attached hydrogens (tertiary/aromatic N) is 1. The summed E-state index contributed by atoms with van der Waals surface area (Å²) in [6.45, 7) is 0. The third-order valence-corrected chi connectivity index (χ3v) is 14.8. The molecule has 2 aliphatic carbocycles. The van der Waals surface area contributed by atoms with E-state index >= 15 is 0 Å². The number of rotatable bonds is 4. The second kappa shape index (κ2) is 14.3. The summed E-state index contributed by atoms with van der Waals surface area (Å²) in [6.07, 6.45) is 12.8. The van der Waals surface area contributed by atoms with Crippen molar-refractivity contribution in [3.8, 4) is 27.9 Å². The van der Waals surface area contributed by atoms with Crippen LogP contribution in [0.25, 0.3) is 116 Å². The zero-order valence-electron chi connectivity index (χ0n) is 35.9. The minimum Gasteiger partial charge on any atom is -0.309 e. The first-order chi connectivity index (χ1) is 32.3. The van der Waals surface area contributed by atoms with E-state index in [9.17, 15) is 0 Å². The first-order valence-corrected chi connectivity index (χ1v) is 23.2. The van der Waals surface area contributed by atoms with Crippen molar-refractivity contribution in [2.24, 2.45) is 0 Å². The Morgan fingerprint density at radius 1 is 0.415 bits per heavy atom. The molecule has 0 aliphatic heterocycles. The molecule has 0 spiro atoms. The zero-order chi connectivity index (χ0) is 42.6. The average molecular weight is 826 g/mol. The van der Waals surface area contributed by atoms with Gasteiger partial charge in [-0.3, -0.25) is 0 Å². The minimum absolute atomic E-state index is 0.278. The van der Waals surface area contributed by atoms with E-state index in [1.54, 1.807) is 0 Å². The lowest BCUT2D eigenvalue weighted by Gasteiger charge is -2.28. The number of hydrogen-bond donors (Lipinski definition) is 0. The van der Waals surface area contributed by atoms with Crippen LogP contribution >= 0.6 is 0 Å². The van der Waals surface area contributed by atoms with Gasteiger partial charge in [-0.2, -0.15) is 0 Å². The van der Waals surface area contributed by atoms with Crippen molar-refractivity contribution < 1.29 is 0 Å². The van der Waals surface area contributed by atoms with Crippen molar-refractivity contribution in [3.05, 3.63) is 234 Å². The van der Waals surface area contributed by atoms with Crippen LogP contribution in [0.1, 0.15) is 40.2 Å². The maximum Gasteiger partial charge on any atom is 0.0541 e. The molecule has 1 unspecified atom stereocenters. The maximum atomic E-state index is 2.58. The average Bonchev–Trinajstić information content (AvgIpc) is 3.72. The summed E-state index contributed by atoms with van der Waals surface area (Å²) in [5.74, 6) is 0.278. The molecule has 1 atom stereocenters. The summed E-state index contributed by atoms with van der Waals surface area (Å²) in [7, 11) is 0. The minimum atomic E-state index is 0.278. The number of aromatic nitrogens is 1. The standard InChI is InChI=1S/C64H43N/c1-2-16-42-37-44(30-29-40(42)15-1)62-52-23-7-9-25-54(52)64(55-26-10-8-24-53(55)62)59-39-58-47-18-4-3-17-46(47)57-38-43(33-36-56(57)63(58)51-22-6-5-19-48(51)59)41-31-34-45(35-32-41)65-60-27-13-11-20-49(60)50-21-12-14-28-61(50)65/h1-4,6-18,20-37,39,43H,5,19,38H2. The topological polar surface area (TPSA) is 4.93 Å². The number of para-hydroxylation sites is 2. The van der Waals surface area contributed by atoms with Crippen LogP contribution in [0.3, 0.4) is 0 Å². The molecule has 0 saturated heterocycles. The summed E-state index contributed by atoms with van der Waals surface area (Å²) < 4.78 is 2.41. The molecule has 304 valence electrons. The molecular formula is C64H43N. The molecule has 14 rings (SSSR count). The summed E-state index contributed by atoms with van der Waals surface area (Å²) in [5.41, 5.74) is 16.0. The highest BCUT2D eigenvalue weighted by atomic mass is 15.0. The van der Waals surface area contributed by atoms with Gasteiger partial charge in [0.25, 0.3) is 0 Å². The molecule has 0 saturated carbocycles. The Bertz CT molecular complexity index is 3920. The highest BCUT2D eigenvalue weighted by Crippen LogP contribution is 2.50. The normalized spacial score (nSPS) is 14.6. The predicted molar refractivity (Wildman–Crippen MR) is 278 cm³/mol. The van der Waals surface area contributed by atoms with Gasteiger partial charge in [0.2, 0.25) is 0 Å². The molecule has 1 aromatic heterocycles. The fourth-order valence-corrected chi connectivity index (χ4v) is 11.9. The molecule has 0 amide bonds. The van der Waals surface area contributed by atoms with Crippen LogP contribution in [0.15, 0.2) is 206 Å². The first-order valence-electron chi connectivity index (χ1n) is 23.2. The molecule has 1 heteroatoms. The van der Waals surface area contributed by atoms with Gasteiger partial charge in [0.05, 0.1) is 11.0 Å². The van der Waals surface area contributed by atoms with E-state index < -0.39 is 0 Å². The lowest BCUT2D eigenvalue weighted by molar-refractivity contribution is 0.833. The highest BCUT2D eigenvalue weighted by molar-refractivity contribution is 6.24. The molecule has 11 aromatic carbocycles. The van der Waals surface area contributed by atoms with E-state index in [2.05, 4.69) is 223 Å². The largest absolute Gasteiger partial charge is 0.309 e. The van der Waals surface area contributed by atoms with Crippen molar-refractivity contribution >= 4 is 87.8 Å². The van der Waals surface area contributed by atoms with Gasteiger partial charge in [0.1, 0.15) is 0 Å². The molecule has 1 heterocycles. The monoisotopic (exact) mass is 825 g/mol. The van der Waals surface area contributed by atoms with Gasteiger partial charge in [0.15, 0.2) is 0 Å². The van der Waals surface area contributed by atoms with Gasteiger partial charge < -0.3 is 4.57 Å². The molecule has 12 aromatic rings. The van der Waals surface area contributed by atoms with Gasteiger partial charge >= 0.3 is 0 Å². The molecular weight excluding hydrogens is 783 g/mol. The number of fused-ring (bicyclic) bond motifs is 14. The van der Waals surface area contributed by atoms with E-state index in [1.807, 2.05) is 0 Å². The van der Waals surface area contributed by atoms with Crippen LogP contribution < -0.4 is 0 Å². The first kappa shape index (κ1) is 36.5. The summed E-state index contributed by atoms with van der Waals surface area (Å²) in [6, 6.07) is 72.6. The van der Waals surface area contributed by atoms with E-state index in [0.29, 0.717) is 0 Å². The van der Waals surface area contributed by atoms with Gasteiger partial charge in [-0.05, 0) is 160 Å². The van der Waals surface area contributed by atoms with E-state index in [4.69, 9.17) is 0 Å². The van der Waals surface area contributed by atoms with E-state index in [0.717, 1.165) is 19.3 Å². The van der Waals surface area contributed by atoms with Gasteiger partial charge in [-0.25, -0.2) is 0 Å². The van der Waals surface area contributed by atoms with Crippen molar-refractivity contribution in [1.29, 1.82) is 0 Å². The second-order valence-electron chi connectivity index (χ2n) is 18.2. The van der Waals surface area contributed by atoms with Crippen molar-refractivity contribution in [2.75, 3.05) is 0 Å². The van der Waals surface area contributed by atoms with Crippen LogP contribution in [-0.2, 0) is 12.8 Å². The lowest BCUT2D eigenvalue weighted by atomic mass is 9.76. The van der Waals surface area contributed by atoms with Gasteiger partial charge in [-0.15, -0.1) is 0 Å². The van der Waals surface area contributed by atoms with E-state index in [-0.39, 0.29) is 5.92 Å². The summed E-state index contributed by atoms with van der Waals surface area (Å²) >= 11 is 0. The Hall–Kier alpha value is -8.00. The Labute approximate surface area is 377 Å². The van der Waals surface area contributed by atoms with E-state index in [1.165, 1.54) is 131 Å². The van der Waals surface area contributed by atoms with Crippen LogP contribution in [0.2, 0.25) is 0 Å². The Balaban J connectivity index is 0.947. The third kappa shape index (κ3) is 5.46. The second-order valence-corrected chi connectivity index (χ2v) is 18.2. The van der Waals surface area contributed by atoms with Crippen LogP contribution in [0.4, 0.5) is 0 Å². The lowest BCUT2D eigenvalue weighted by Crippen LogP contribution is -2.09. The Morgan fingerprint density at radius 3 is 1.68 bits per heavy atom. The summed E-state index contributed by atoms with van der Waals surface area (Å²) in [5, 5.41) is 15.7. The summed E-state index contributed by atoms with van der Waals surface area (Å²) in [4.78, 5) is 0. The SMILES string of the molecule is C1=Cc2c(c(-c3c4ccccc4c(-c4ccc5ccccc5c4)c4ccccc34)cc3c2c2c(c4ccccc43)CC(c3ccc(-n4c5ccccc5c5ccccc54)cc3)C=C2)CC1.